The van der Waals surface area contributed by atoms with Crippen molar-refractivity contribution in [3.05, 3.63) is 47.2 Å². The van der Waals surface area contributed by atoms with E-state index in [9.17, 15) is 18.0 Å². The van der Waals surface area contributed by atoms with E-state index in [0.29, 0.717) is 0 Å². The third-order valence-electron chi connectivity index (χ3n) is 2.29. The van der Waals surface area contributed by atoms with Gasteiger partial charge in [-0.25, -0.2) is 0 Å². The van der Waals surface area contributed by atoms with Crippen LogP contribution in [-0.4, -0.2) is 24.8 Å². The molecule has 1 aromatic rings. The molecule has 0 aliphatic carbocycles. The van der Waals surface area contributed by atoms with Gasteiger partial charge in [0.25, 0.3) is 0 Å². The number of carbonyl (C=O) groups excluding carboxylic acids is 1. The van der Waals surface area contributed by atoms with Crippen molar-refractivity contribution in [3.63, 3.8) is 0 Å². The van der Waals surface area contributed by atoms with E-state index in [1.807, 2.05) is 0 Å². The van der Waals surface area contributed by atoms with Crippen LogP contribution >= 0.6 is 0 Å². The molecule has 18 heavy (non-hydrogen) atoms. The van der Waals surface area contributed by atoms with Gasteiger partial charge < -0.3 is 4.90 Å². The third kappa shape index (κ3) is 3.35. The summed E-state index contributed by atoms with van der Waals surface area (Å²) in [5.74, 6) is -0.614. The maximum Gasteiger partial charge on any atom is 0.417 e. The van der Waals surface area contributed by atoms with Gasteiger partial charge in [-0.2, -0.15) is 13.2 Å². The maximum absolute atomic E-state index is 12.8. The number of carbonyl (C=O) groups is 1. The van der Waals surface area contributed by atoms with Crippen molar-refractivity contribution in [2.45, 2.75) is 13.1 Å². The molecule has 0 spiro atoms. The fourth-order valence-corrected chi connectivity index (χ4v) is 1.59. The normalized spacial score (nSPS) is 12.4. The Hall–Kier alpha value is -1.78. The number of allylic oxidation sites excluding steroid dienone is 1. The van der Waals surface area contributed by atoms with Crippen LogP contribution in [0.2, 0.25) is 0 Å². The molecule has 0 saturated carbocycles. The van der Waals surface area contributed by atoms with E-state index >= 15 is 0 Å². The fourth-order valence-electron chi connectivity index (χ4n) is 1.59. The van der Waals surface area contributed by atoms with Gasteiger partial charge in [-0.05, 0) is 13.0 Å². The van der Waals surface area contributed by atoms with Crippen molar-refractivity contribution in [3.8, 4) is 0 Å². The average molecular weight is 257 g/mol. The topological polar surface area (TPSA) is 20.3 Å². The highest BCUT2D eigenvalue weighted by atomic mass is 19.4. The fraction of sp³-hybridized carbons (Fsp3) is 0.308. The SMILES string of the molecule is C/C(=C\N(C)C)C(=O)c1ccccc1C(F)(F)F. The number of halogens is 3. The first-order valence-electron chi connectivity index (χ1n) is 5.29. The number of hydrogen-bond acceptors (Lipinski definition) is 2. The van der Waals surface area contributed by atoms with E-state index in [1.165, 1.54) is 31.3 Å². The molecule has 0 radical (unpaired) electrons. The predicted octanol–water partition coefficient (Wildman–Crippen LogP) is 3.35. The maximum atomic E-state index is 12.8. The lowest BCUT2D eigenvalue weighted by Crippen LogP contribution is -2.15. The highest BCUT2D eigenvalue weighted by Gasteiger charge is 2.34. The minimum atomic E-state index is -4.52. The number of alkyl halides is 3. The predicted molar refractivity (Wildman–Crippen MR) is 63.2 cm³/mol. The molecule has 0 N–H and O–H groups in total. The summed E-state index contributed by atoms with van der Waals surface area (Å²) < 4.78 is 38.3. The summed E-state index contributed by atoms with van der Waals surface area (Å²) in [5, 5.41) is 0. The lowest BCUT2D eigenvalue weighted by atomic mass is 9.99. The Labute approximate surface area is 104 Å². The number of nitrogens with zero attached hydrogens (tertiary/aromatic N) is 1. The van der Waals surface area contributed by atoms with Gasteiger partial charge in [0.1, 0.15) is 0 Å². The molecule has 0 aliphatic heterocycles. The van der Waals surface area contributed by atoms with Crippen LogP contribution in [0.5, 0.6) is 0 Å². The lowest BCUT2D eigenvalue weighted by molar-refractivity contribution is -0.137. The third-order valence-corrected chi connectivity index (χ3v) is 2.29. The molecule has 0 atom stereocenters. The van der Waals surface area contributed by atoms with Crippen LogP contribution in [0.4, 0.5) is 13.2 Å². The number of benzene rings is 1. The zero-order valence-corrected chi connectivity index (χ0v) is 10.4. The minimum Gasteiger partial charge on any atom is -0.383 e. The van der Waals surface area contributed by atoms with Crippen LogP contribution < -0.4 is 0 Å². The van der Waals surface area contributed by atoms with Gasteiger partial charge >= 0.3 is 6.18 Å². The van der Waals surface area contributed by atoms with Gasteiger partial charge in [0.2, 0.25) is 0 Å². The molecule has 98 valence electrons. The van der Waals surface area contributed by atoms with Gasteiger partial charge in [-0.15, -0.1) is 0 Å². The summed E-state index contributed by atoms with van der Waals surface area (Å²) in [6, 6.07) is 4.80. The van der Waals surface area contributed by atoms with Gasteiger partial charge in [0.05, 0.1) is 5.56 Å². The number of hydrogen-bond donors (Lipinski definition) is 0. The van der Waals surface area contributed by atoms with Crippen LogP contribution in [0.1, 0.15) is 22.8 Å². The Balaban J connectivity index is 3.23. The molecule has 2 nitrogen and oxygen atoms in total. The van der Waals surface area contributed by atoms with E-state index in [0.717, 1.165) is 6.07 Å². The Morgan fingerprint density at radius 3 is 2.28 bits per heavy atom. The Morgan fingerprint density at radius 2 is 1.78 bits per heavy atom. The molecule has 5 heteroatoms. The first kappa shape index (κ1) is 14.3. The van der Waals surface area contributed by atoms with Crippen molar-refractivity contribution in [1.82, 2.24) is 4.90 Å². The van der Waals surface area contributed by atoms with Gasteiger partial charge in [0, 0.05) is 31.4 Å². The summed E-state index contributed by atoms with van der Waals surface area (Å²) >= 11 is 0. The molecule has 0 aromatic heterocycles. The quantitative estimate of drug-likeness (QED) is 0.611. The molecule has 0 amide bonds. The largest absolute Gasteiger partial charge is 0.417 e. The zero-order valence-electron chi connectivity index (χ0n) is 10.4. The minimum absolute atomic E-state index is 0.261. The molecule has 0 heterocycles. The highest BCUT2D eigenvalue weighted by Crippen LogP contribution is 2.32. The molecule has 0 fully saturated rings. The van der Waals surface area contributed by atoms with Crippen LogP contribution in [0, 0.1) is 0 Å². The summed E-state index contributed by atoms with van der Waals surface area (Å²) in [7, 11) is 3.40. The van der Waals surface area contributed by atoms with E-state index in [4.69, 9.17) is 0 Å². The molecule has 0 aliphatic rings. The van der Waals surface area contributed by atoms with Gasteiger partial charge in [0.15, 0.2) is 5.78 Å². The molecular formula is C13H14F3NO. The number of ketones is 1. The molecule has 0 unspecified atom stereocenters. The first-order valence-corrected chi connectivity index (χ1v) is 5.29. The summed E-state index contributed by atoms with van der Waals surface area (Å²) in [6.45, 7) is 1.50. The zero-order chi connectivity index (χ0) is 13.9. The number of rotatable bonds is 3. The van der Waals surface area contributed by atoms with Crippen LogP contribution in [0.15, 0.2) is 36.0 Å². The molecule has 1 rings (SSSR count). The average Bonchev–Trinajstić information content (AvgIpc) is 2.26. The summed E-state index contributed by atoms with van der Waals surface area (Å²) in [6.07, 6.45) is -3.03. The summed E-state index contributed by atoms with van der Waals surface area (Å²) in [4.78, 5) is 13.6. The molecular weight excluding hydrogens is 243 g/mol. The Kier molecular flexibility index (Phi) is 4.16. The van der Waals surface area contributed by atoms with E-state index < -0.39 is 17.5 Å². The summed E-state index contributed by atoms with van der Waals surface area (Å²) in [5.41, 5.74) is -0.959. The van der Waals surface area contributed by atoms with E-state index in [-0.39, 0.29) is 11.1 Å². The Bertz CT molecular complexity index is 475. The lowest BCUT2D eigenvalue weighted by Gasteiger charge is -2.13. The highest BCUT2D eigenvalue weighted by molar-refractivity contribution is 6.09. The van der Waals surface area contributed by atoms with E-state index in [2.05, 4.69) is 0 Å². The van der Waals surface area contributed by atoms with Crippen molar-refractivity contribution < 1.29 is 18.0 Å². The second-order valence-electron chi connectivity index (χ2n) is 4.15. The Morgan fingerprint density at radius 1 is 1.22 bits per heavy atom. The molecule has 1 aromatic carbocycles. The van der Waals surface area contributed by atoms with Crippen LogP contribution in [0.25, 0.3) is 0 Å². The monoisotopic (exact) mass is 257 g/mol. The molecule has 0 bridgehead atoms. The van der Waals surface area contributed by atoms with Crippen molar-refractivity contribution in [1.29, 1.82) is 0 Å². The van der Waals surface area contributed by atoms with E-state index in [1.54, 1.807) is 19.0 Å². The van der Waals surface area contributed by atoms with Gasteiger partial charge in [-0.1, -0.05) is 18.2 Å². The molecule has 0 saturated heterocycles. The van der Waals surface area contributed by atoms with Crippen LogP contribution in [0.3, 0.4) is 0 Å². The smallest absolute Gasteiger partial charge is 0.383 e. The van der Waals surface area contributed by atoms with Crippen LogP contribution in [-0.2, 0) is 6.18 Å². The van der Waals surface area contributed by atoms with Crippen molar-refractivity contribution in [2.75, 3.05) is 14.1 Å². The second kappa shape index (κ2) is 5.25. The van der Waals surface area contributed by atoms with Gasteiger partial charge in [-0.3, -0.25) is 4.79 Å². The first-order chi connectivity index (χ1) is 8.23. The van der Waals surface area contributed by atoms with Crippen molar-refractivity contribution in [2.24, 2.45) is 0 Å². The van der Waals surface area contributed by atoms with Crippen molar-refractivity contribution >= 4 is 5.78 Å². The number of Topliss-reactive ketones (excluding diaryl/α,β-unsaturated/α-hetero) is 1. The standard InChI is InChI=1S/C13H14F3NO/c1-9(8-17(2)3)12(18)10-6-4-5-7-11(10)13(14,15)16/h4-8H,1-3H3/b9-8+. The second-order valence-corrected chi connectivity index (χ2v) is 4.15.